The van der Waals surface area contributed by atoms with Crippen LogP contribution in [0.15, 0.2) is 42.5 Å². The van der Waals surface area contributed by atoms with Gasteiger partial charge in [0, 0.05) is 43.0 Å². The van der Waals surface area contributed by atoms with Crippen LogP contribution in [-0.2, 0) is 0 Å². The molecule has 3 rings (SSSR count). The number of rotatable bonds is 8. The number of ether oxygens (including phenoxy) is 2. The Hall–Kier alpha value is -3.02. The second-order valence-electron chi connectivity index (χ2n) is 7.45. The molecule has 1 saturated heterocycles. The summed E-state index contributed by atoms with van der Waals surface area (Å²) < 4.78 is 11.2. The van der Waals surface area contributed by atoms with E-state index in [1.54, 1.807) is 26.2 Å². The van der Waals surface area contributed by atoms with E-state index < -0.39 is 0 Å². The van der Waals surface area contributed by atoms with Crippen LogP contribution in [-0.4, -0.2) is 56.5 Å². The third-order valence-electron chi connectivity index (χ3n) is 5.37. The number of carbonyl (C=O) groups excluding carboxylic acids is 2. The minimum absolute atomic E-state index is 0.0000131. The van der Waals surface area contributed by atoms with Gasteiger partial charge in [-0.25, -0.2) is 0 Å². The van der Waals surface area contributed by atoms with Crippen LogP contribution in [0.2, 0.25) is 0 Å². The van der Waals surface area contributed by atoms with Crippen molar-refractivity contribution in [3.8, 4) is 11.5 Å². The minimum Gasteiger partial charge on any atom is -0.493 e. The van der Waals surface area contributed by atoms with Crippen molar-refractivity contribution in [1.82, 2.24) is 4.90 Å². The van der Waals surface area contributed by atoms with Gasteiger partial charge in [-0.05, 0) is 55.8 Å². The first-order valence-electron chi connectivity index (χ1n) is 10.5. The van der Waals surface area contributed by atoms with E-state index in [1.165, 1.54) is 0 Å². The van der Waals surface area contributed by atoms with E-state index >= 15 is 0 Å². The van der Waals surface area contributed by atoms with Gasteiger partial charge in [-0.3, -0.25) is 9.59 Å². The summed E-state index contributed by atoms with van der Waals surface area (Å²) in [7, 11) is 1.59. The van der Waals surface area contributed by atoms with Crippen LogP contribution in [0.4, 0.5) is 5.69 Å². The number of piperazine rings is 1. The number of carbonyl (C=O) groups is 2. The van der Waals surface area contributed by atoms with Crippen molar-refractivity contribution < 1.29 is 19.1 Å². The molecular weight excluding hydrogens is 380 g/mol. The summed E-state index contributed by atoms with van der Waals surface area (Å²) in [5, 5.41) is 0. The predicted octanol–water partition coefficient (Wildman–Crippen LogP) is 4.04. The lowest BCUT2D eigenvalue weighted by Crippen LogP contribution is -2.48. The highest BCUT2D eigenvalue weighted by Crippen LogP contribution is 2.29. The second kappa shape index (κ2) is 10.1. The molecule has 0 bridgehead atoms. The fourth-order valence-corrected chi connectivity index (χ4v) is 3.50. The first-order valence-corrected chi connectivity index (χ1v) is 10.5. The lowest BCUT2D eigenvalue weighted by atomic mass is 10.1. The lowest BCUT2D eigenvalue weighted by Gasteiger charge is -2.36. The SMILES string of the molecule is CCCCOc1ccc(C(=O)N2CCN(c3ccc(C(C)=O)cc3)CC2)cc1OC. The molecular formula is C24H30N2O4. The second-order valence-corrected chi connectivity index (χ2v) is 7.45. The summed E-state index contributed by atoms with van der Waals surface area (Å²) in [6, 6.07) is 13.0. The van der Waals surface area contributed by atoms with Crippen LogP contribution in [0.1, 0.15) is 47.4 Å². The summed E-state index contributed by atoms with van der Waals surface area (Å²) in [4.78, 5) is 28.5. The number of benzene rings is 2. The van der Waals surface area contributed by atoms with E-state index in [0.717, 1.165) is 31.6 Å². The van der Waals surface area contributed by atoms with E-state index in [0.29, 0.717) is 42.3 Å². The number of nitrogens with zero attached hydrogens (tertiary/aromatic N) is 2. The molecule has 1 aliphatic heterocycles. The van der Waals surface area contributed by atoms with E-state index in [4.69, 9.17) is 9.47 Å². The maximum Gasteiger partial charge on any atom is 0.254 e. The van der Waals surface area contributed by atoms with Gasteiger partial charge in [0.25, 0.3) is 5.91 Å². The quantitative estimate of drug-likeness (QED) is 0.486. The van der Waals surface area contributed by atoms with Gasteiger partial charge in [0.2, 0.25) is 0 Å². The zero-order valence-electron chi connectivity index (χ0n) is 18.0. The maximum absolute atomic E-state index is 13.0. The number of Topliss-reactive ketones (excluding diaryl/α,β-unsaturated/α-hetero) is 1. The molecule has 6 heteroatoms. The van der Waals surface area contributed by atoms with E-state index in [1.807, 2.05) is 35.2 Å². The van der Waals surface area contributed by atoms with Gasteiger partial charge in [0.05, 0.1) is 13.7 Å². The van der Waals surface area contributed by atoms with Crippen LogP contribution >= 0.6 is 0 Å². The summed E-state index contributed by atoms with van der Waals surface area (Å²) >= 11 is 0. The Kier molecular flexibility index (Phi) is 7.33. The maximum atomic E-state index is 13.0. The van der Waals surface area contributed by atoms with Gasteiger partial charge >= 0.3 is 0 Å². The smallest absolute Gasteiger partial charge is 0.254 e. The molecule has 160 valence electrons. The predicted molar refractivity (Wildman–Crippen MR) is 118 cm³/mol. The Morgan fingerprint density at radius 2 is 1.60 bits per heavy atom. The Balaban J connectivity index is 1.61. The molecule has 6 nitrogen and oxygen atoms in total. The molecule has 0 spiro atoms. The molecule has 0 unspecified atom stereocenters. The van der Waals surface area contributed by atoms with Crippen molar-refractivity contribution in [1.29, 1.82) is 0 Å². The van der Waals surface area contributed by atoms with Crippen LogP contribution < -0.4 is 14.4 Å². The molecule has 0 aliphatic carbocycles. The van der Waals surface area contributed by atoms with E-state index in [2.05, 4.69) is 11.8 Å². The minimum atomic E-state index is -0.0000131. The number of ketones is 1. The van der Waals surface area contributed by atoms with Crippen molar-refractivity contribution in [2.75, 3.05) is 44.8 Å². The van der Waals surface area contributed by atoms with Gasteiger partial charge in [-0.1, -0.05) is 13.3 Å². The van der Waals surface area contributed by atoms with Crippen molar-refractivity contribution in [3.63, 3.8) is 0 Å². The highest BCUT2D eigenvalue weighted by atomic mass is 16.5. The van der Waals surface area contributed by atoms with Gasteiger partial charge in [0.15, 0.2) is 17.3 Å². The summed E-state index contributed by atoms with van der Waals surface area (Å²) in [5.41, 5.74) is 2.39. The van der Waals surface area contributed by atoms with Crippen molar-refractivity contribution >= 4 is 17.4 Å². The van der Waals surface area contributed by atoms with Crippen molar-refractivity contribution in [2.45, 2.75) is 26.7 Å². The molecule has 2 aromatic carbocycles. The Morgan fingerprint density at radius 3 is 2.20 bits per heavy atom. The van der Waals surface area contributed by atoms with Gasteiger partial charge in [-0.2, -0.15) is 0 Å². The standard InChI is InChI=1S/C24H30N2O4/c1-4-5-16-30-22-11-8-20(17-23(22)29-3)24(28)26-14-12-25(13-15-26)21-9-6-19(7-10-21)18(2)27/h6-11,17H,4-5,12-16H2,1-3H3. The number of hydrogen-bond donors (Lipinski definition) is 0. The number of anilines is 1. The first-order chi connectivity index (χ1) is 14.5. The zero-order chi connectivity index (χ0) is 21.5. The molecule has 1 fully saturated rings. The normalized spacial score (nSPS) is 13.8. The average molecular weight is 411 g/mol. The molecule has 0 saturated carbocycles. The molecule has 0 radical (unpaired) electrons. The van der Waals surface area contributed by atoms with E-state index in [-0.39, 0.29) is 11.7 Å². The molecule has 0 N–H and O–H groups in total. The fourth-order valence-electron chi connectivity index (χ4n) is 3.50. The molecule has 2 aromatic rings. The van der Waals surface area contributed by atoms with Crippen LogP contribution in [0.25, 0.3) is 0 Å². The van der Waals surface area contributed by atoms with Crippen LogP contribution in [0, 0.1) is 0 Å². The van der Waals surface area contributed by atoms with Crippen molar-refractivity contribution in [2.24, 2.45) is 0 Å². The summed E-state index contributed by atoms with van der Waals surface area (Å²) in [6.07, 6.45) is 2.04. The number of unbranched alkanes of at least 4 members (excludes halogenated alkanes) is 1. The molecule has 1 amide bonds. The number of methoxy groups -OCH3 is 1. The Labute approximate surface area is 178 Å². The molecule has 0 aromatic heterocycles. The third-order valence-corrected chi connectivity index (χ3v) is 5.37. The summed E-state index contributed by atoms with van der Waals surface area (Å²) in [5.74, 6) is 1.32. The molecule has 1 aliphatic rings. The average Bonchev–Trinajstić information content (AvgIpc) is 2.79. The molecule has 0 atom stereocenters. The van der Waals surface area contributed by atoms with Crippen LogP contribution in [0.3, 0.4) is 0 Å². The van der Waals surface area contributed by atoms with Crippen LogP contribution in [0.5, 0.6) is 11.5 Å². The monoisotopic (exact) mass is 410 g/mol. The van der Waals surface area contributed by atoms with Gasteiger partial charge < -0.3 is 19.3 Å². The zero-order valence-corrected chi connectivity index (χ0v) is 18.0. The molecule has 30 heavy (non-hydrogen) atoms. The first kappa shape index (κ1) is 21.7. The Bertz CT molecular complexity index is 871. The van der Waals surface area contributed by atoms with Gasteiger partial charge in [0.1, 0.15) is 0 Å². The van der Waals surface area contributed by atoms with E-state index in [9.17, 15) is 9.59 Å². The Morgan fingerprint density at radius 1 is 0.933 bits per heavy atom. The third kappa shape index (κ3) is 5.12. The fraction of sp³-hybridized carbons (Fsp3) is 0.417. The summed E-state index contributed by atoms with van der Waals surface area (Å²) in [6.45, 7) is 7.10. The molecule has 1 heterocycles. The lowest BCUT2D eigenvalue weighted by molar-refractivity contribution is 0.0746. The topological polar surface area (TPSA) is 59.1 Å². The van der Waals surface area contributed by atoms with Crippen molar-refractivity contribution in [3.05, 3.63) is 53.6 Å². The number of amides is 1. The largest absolute Gasteiger partial charge is 0.493 e. The van der Waals surface area contributed by atoms with Gasteiger partial charge in [-0.15, -0.1) is 0 Å². The highest BCUT2D eigenvalue weighted by molar-refractivity contribution is 5.95. The highest BCUT2D eigenvalue weighted by Gasteiger charge is 2.23. The number of hydrogen-bond acceptors (Lipinski definition) is 5.